The van der Waals surface area contributed by atoms with E-state index in [1.807, 2.05) is 0 Å². The Kier molecular flexibility index (Phi) is 7.13. The van der Waals surface area contributed by atoms with Crippen molar-refractivity contribution in [3.63, 3.8) is 0 Å². The molecule has 0 radical (unpaired) electrons. The first-order chi connectivity index (χ1) is 24.2. The lowest BCUT2D eigenvalue weighted by atomic mass is 9.98. The zero-order valence-electron chi connectivity index (χ0n) is 27.2. The fraction of sp³-hybridized carbons (Fsp3) is 0.0667. The number of nitrogens with zero attached hydrogens (tertiary/aromatic N) is 2. The standard InChI is InChI=1S/C45H34N4/c1-29-17-19-33(20-18-29)45-40-27-25-38(48-40)43(31-13-7-3-8-14-31)36-23-21-34(46-36)42(30-11-5-2-6-12-30)35-22-24-37(47-35)44(32-15-9-4-10-16-32)39-26-28-41(45)49-39/h2-25,27,46,49H,26,28H2,1H3. The molecule has 4 heteroatoms. The molecule has 0 aliphatic carbocycles. The highest BCUT2D eigenvalue weighted by Gasteiger charge is 2.22. The highest BCUT2D eigenvalue weighted by Crippen LogP contribution is 2.38. The SMILES string of the molecule is Cc1ccc(-c2c3nc(c(-c4ccccc4)c4ccc([nH]4)c(-c4ccccc4)c4nc(c(-c5ccccc5)c5[nH]c2CC5)C=C4)C=C3)cc1. The van der Waals surface area contributed by atoms with E-state index >= 15 is 0 Å². The molecule has 0 fully saturated rings. The molecule has 2 aromatic heterocycles. The van der Waals surface area contributed by atoms with Crippen LogP contribution in [0.2, 0.25) is 0 Å². The Morgan fingerprint density at radius 3 is 1.18 bits per heavy atom. The number of aryl methyl sites for hydroxylation is 3. The van der Waals surface area contributed by atoms with Gasteiger partial charge in [-0.3, -0.25) is 0 Å². The summed E-state index contributed by atoms with van der Waals surface area (Å²) >= 11 is 0. The van der Waals surface area contributed by atoms with E-state index in [0.29, 0.717) is 0 Å². The van der Waals surface area contributed by atoms with Crippen molar-refractivity contribution in [2.24, 2.45) is 0 Å². The van der Waals surface area contributed by atoms with Crippen LogP contribution in [0.15, 0.2) is 127 Å². The fourth-order valence-electron chi connectivity index (χ4n) is 7.27. The van der Waals surface area contributed by atoms with Crippen LogP contribution >= 0.6 is 0 Å². The largest absolute Gasteiger partial charge is 0.361 e. The van der Waals surface area contributed by atoms with E-state index in [2.05, 4.69) is 169 Å². The number of aromatic nitrogens is 4. The van der Waals surface area contributed by atoms with Gasteiger partial charge in [-0.25, -0.2) is 9.97 Å². The van der Waals surface area contributed by atoms with Gasteiger partial charge in [0.25, 0.3) is 0 Å². The van der Waals surface area contributed by atoms with Crippen LogP contribution in [0.4, 0.5) is 0 Å². The molecule has 6 aromatic rings. The summed E-state index contributed by atoms with van der Waals surface area (Å²) < 4.78 is 0. The van der Waals surface area contributed by atoms with E-state index in [0.717, 1.165) is 91.2 Å². The molecule has 4 nitrogen and oxygen atoms in total. The van der Waals surface area contributed by atoms with Crippen LogP contribution in [0.25, 0.3) is 79.8 Å². The van der Waals surface area contributed by atoms with Gasteiger partial charge in [-0.2, -0.15) is 0 Å². The average Bonchev–Trinajstić information content (AvgIpc) is 3.98. The van der Waals surface area contributed by atoms with Gasteiger partial charge in [0.05, 0.1) is 22.8 Å². The minimum absolute atomic E-state index is 0.876. The topological polar surface area (TPSA) is 57.4 Å². The lowest BCUT2D eigenvalue weighted by Gasteiger charge is -2.08. The first kappa shape index (κ1) is 28.9. The van der Waals surface area contributed by atoms with Crippen LogP contribution in [0.3, 0.4) is 0 Å². The number of rotatable bonds is 4. The molecular formula is C45H34N4. The van der Waals surface area contributed by atoms with Gasteiger partial charge in [0, 0.05) is 44.7 Å². The molecule has 8 bridgehead atoms. The van der Waals surface area contributed by atoms with Gasteiger partial charge in [-0.05, 0) is 78.5 Å². The molecule has 0 unspecified atom stereocenters. The van der Waals surface area contributed by atoms with Crippen LogP contribution in [-0.2, 0) is 12.8 Å². The summed E-state index contributed by atoms with van der Waals surface area (Å²) in [5, 5.41) is 0. The maximum absolute atomic E-state index is 5.40. The van der Waals surface area contributed by atoms with Crippen molar-refractivity contribution in [2.75, 3.05) is 0 Å². The number of benzene rings is 4. The van der Waals surface area contributed by atoms with E-state index in [-0.39, 0.29) is 0 Å². The van der Waals surface area contributed by atoms with Gasteiger partial charge in [0.2, 0.25) is 0 Å². The normalized spacial score (nSPS) is 12.7. The summed E-state index contributed by atoms with van der Waals surface area (Å²) in [5.41, 5.74) is 18.3. The third kappa shape index (κ3) is 5.28. The summed E-state index contributed by atoms with van der Waals surface area (Å²) in [5.74, 6) is 0. The van der Waals surface area contributed by atoms with Crippen molar-refractivity contribution in [1.82, 2.24) is 19.9 Å². The molecule has 9 rings (SSSR count). The van der Waals surface area contributed by atoms with Gasteiger partial charge >= 0.3 is 0 Å². The molecule has 0 atom stereocenters. The average molecular weight is 631 g/mol. The van der Waals surface area contributed by atoms with Crippen LogP contribution < -0.4 is 0 Å². The van der Waals surface area contributed by atoms with Crippen LogP contribution in [0.5, 0.6) is 0 Å². The summed E-state index contributed by atoms with van der Waals surface area (Å²) in [4.78, 5) is 18.5. The van der Waals surface area contributed by atoms with Gasteiger partial charge in [-0.15, -0.1) is 0 Å². The highest BCUT2D eigenvalue weighted by molar-refractivity contribution is 5.96. The number of aromatic amines is 2. The molecule has 234 valence electrons. The zero-order chi connectivity index (χ0) is 32.7. The van der Waals surface area contributed by atoms with Crippen molar-refractivity contribution in [3.05, 3.63) is 167 Å². The van der Waals surface area contributed by atoms with E-state index in [4.69, 9.17) is 9.97 Å². The summed E-state index contributed by atoms with van der Waals surface area (Å²) in [6, 6.07) is 44.9. The molecule has 0 amide bonds. The Morgan fingerprint density at radius 2 is 0.755 bits per heavy atom. The van der Waals surface area contributed by atoms with Crippen LogP contribution in [0.1, 0.15) is 39.7 Å². The molecule has 2 N–H and O–H groups in total. The number of hydrogen-bond donors (Lipinski definition) is 2. The fourth-order valence-corrected chi connectivity index (χ4v) is 7.27. The van der Waals surface area contributed by atoms with E-state index in [9.17, 15) is 0 Å². The van der Waals surface area contributed by atoms with Gasteiger partial charge in [-0.1, -0.05) is 121 Å². The van der Waals surface area contributed by atoms with Crippen LogP contribution in [0, 0.1) is 6.92 Å². The van der Waals surface area contributed by atoms with Crippen molar-refractivity contribution >= 4 is 35.3 Å². The number of H-pyrrole nitrogens is 2. The zero-order valence-corrected chi connectivity index (χ0v) is 27.2. The molecule has 0 spiro atoms. The van der Waals surface area contributed by atoms with Crippen molar-refractivity contribution < 1.29 is 0 Å². The molecule has 0 saturated heterocycles. The Bertz CT molecular complexity index is 2460. The lowest BCUT2D eigenvalue weighted by Crippen LogP contribution is -1.92. The second-order valence-corrected chi connectivity index (χ2v) is 12.8. The summed E-state index contributed by atoms with van der Waals surface area (Å²) in [6.07, 6.45) is 10.4. The second kappa shape index (κ2) is 12.1. The molecule has 5 heterocycles. The predicted molar refractivity (Wildman–Crippen MR) is 204 cm³/mol. The first-order valence-electron chi connectivity index (χ1n) is 16.9. The minimum atomic E-state index is 0.876. The molecule has 3 aliphatic heterocycles. The van der Waals surface area contributed by atoms with Crippen molar-refractivity contribution in [3.8, 4) is 44.5 Å². The van der Waals surface area contributed by atoms with E-state index < -0.39 is 0 Å². The van der Waals surface area contributed by atoms with Gasteiger partial charge in [0.1, 0.15) is 0 Å². The van der Waals surface area contributed by atoms with Crippen molar-refractivity contribution in [1.29, 1.82) is 0 Å². The van der Waals surface area contributed by atoms with Gasteiger partial charge < -0.3 is 9.97 Å². The third-order valence-corrected chi connectivity index (χ3v) is 9.59. The second-order valence-electron chi connectivity index (χ2n) is 12.8. The number of hydrogen-bond acceptors (Lipinski definition) is 2. The van der Waals surface area contributed by atoms with E-state index in [1.54, 1.807) is 0 Å². The van der Waals surface area contributed by atoms with Gasteiger partial charge in [0.15, 0.2) is 0 Å². The first-order valence-corrected chi connectivity index (χ1v) is 16.9. The smallest absolute Gasteiger partial charge is 0.0737 e. The predicted octanol–water partition coefficient (Wildman–Crippen LogP) is 11.1. The third-order valence-electron chi connectivity index (χ3n) is 9.59. The van der Waals surface area contributed by atoms with Crippen molar-refractivity contribution in [2.45, 2.75) is 19.8 Å². The Labute approximate surface area is 285 Å². The molecule has 0 saturated carbocycles. The summed E-state index contributed by atoms with van der Waals surface area (Å²) in [7, 11) is 0. The summed E-state index contributed by atoms with van der Waals surface area (Å²) in [6.45, 7) is 2.13. The molecular weight excluding hydrogens is 597 g/mol. The quantitative estimate of drug-likeness (QED) is 0.203. The molecule has 3 aliphatic rings. The number of nitrogens with one attached hydrogen (secondary N) is 2. The monoisotopic (exact) mass is 630 g/mol. The molecule has 49 heavy (non-hydrogen) atoms. The maximum Gasteiger partial charge on any atom is 0.0737 e. The van der Waals surface area contributed by atoms with Crippen LogP contribution in [-0.4, -0.2) is 19.9 Å². The minimum Gasteiger partial charge on any atom is -0.361 e. The Balaban J connectivity index is 1.47. The maximum atomic E-state index is 5.40. The van der Waals surface area contributed by atoms with E-state index in [1.165, 1.54) is 17.0 Å². The Hall–Kier alpha value is -6.26. The lowest BCUT2D eigenvalue weighted by molar-refractivity contribution is 1.02. The number of fused-ring (bicyclic) bond motifs is 8. The highest BCUT2D eigenvalue weighted by atomic mass is 14.8. The Morgan fingerprint density at radius 1 is 0.388 bits per heavy atom. The molecule has 4 aromatic carbocycles.